The van der Waals surface area contributed by atoms with Crippen LogP contribution in [0.25, 0.3) is 0 Å². The Bertz CT molecular complexity index is 245. The molecule has 0 saturated carbocycles. The second-order valence-electron chi connectivity index (χ2n) is 3.26. The Balaban J connectivity index is 4.77. The lowest BCUT2D eigenvalue weighted by atomic mass is 10.1. The fourth-order valence-corrected chi connectivity index (χ4v) is 0.992. The van der Waals surface area contributed by atoms with Gasteiger partial charge >= 0.3 is 6.18 Å². The molecule has 82 valence electrons. The molecule has 0 unspecified atom stereocenters. The molecule has 0 heterocycles. The SMILES string of the molecule is CC/C(=C(/O)CC=C(C)C)C(F)(F)F. The molecule has 0 aliphatic heterocycles. The van der Waals surface area contributed by atoms with Crippen molar-refractivity contribution in [2.45, 2.75) is 39.8 Å². The summed E-state index contributed by atoms with van der Waals surface area (Å²) in [5.41, 5.74) is 0.0455. The molecular weight excluding hydrogens is 193 g/mol. The van der Waals surface area contributed by atoms with E-state index < -0.39 is 17.5 Å². The molecule has 4 heteroatoms. The lowest BCUT2D eigenvalue weighted by molar-refractivity contribution is -0.0965. The molecule has 0 aromatic carbocycles. The Morgan fingerprint density at radius 3 is 2.07 bits per heavy atom. The molecule has 1 N–H and O–H groups in total. The third-order valence-corrected chi connectivity index (χ3v) is 1.75. The van der Waals surface area contributed by atoms with Gasteiger partial charge in [-0.2, -0.15) is 13.2 Å². The van der Waals surface area contributed by atoms with Gasteiger partial charge < -0.3 is 5.11 Å². The number of allylic oxidation sites excluding steroid dienone is 3. The number of rotatable bonds is 3. The Morgan fingerprint density at radius 2 is 1.79 bits per heavy atom. The summed E-state index contributed by atoms with van der Waals surface area (Å²) in [5, 5.41) is 9.21. The second kappa shape index (κ2) is 5.08. The highest BCUT2D eigenvalue weighted by atomic mass is 19.4. The van der Waals surface area contributed by atoms with E-state index in [0.717, 1.165) is 5.57 Å². The molecule has 0 amide bonds. The van der Waals surface area contributed by atoms with Crippen molar-refractivity contribution in [1.29, 1.82) is 0 Å². The van der Waals surface area contributed by atoms with Crippen LogP contribution < -0.4 is 0 Å². The minimum atomic E-state index is -4.42. The van der Waals surface area contributed by atoms with Crippen LogP contribution in [0.4, 0.5) is 13.2 Å². The van der Waals surface area contributed by atoms with Crippen molar-refractivity contribution in [2.24, 2.45) is 0 Å². The number of halogens is 3. The summed E-state index contributed by atoms with van der Waals surface area (Å²) in [4.78, 5) is 0. The van der Waals surface area contributed by atoms with Crippen molar-refractivity contribution < 1.29 is 18.3 Å². The first-order chi connectivity index (χ1) is 6.29. The summed E-state index contributed by atoms with van der Waals surface area (Å²) in [7, 11) is 0. The maximum Gasteiger partial charge on any atom is 0.415 e. The maximum atomic E-state index is 12.3. The van der Waals surface area contributed by atoms with E-state index in [1.807, 2.05) is 0 Å². The minimum absolute atomic E-state index is 0.0506. The standard InChI is InChI=1S/C10H15F3O/c1-4-8(10(11,12)13)9(14)6-5-7(2)3/h5,14H,4,6H2,1-3H3/b9-8-. The van der Waals surface area contributed by atoms with E-state index in [1.165, 1.54) is 6.92 Å². The van der Waals surface area contributed by atoms with Gasteiger partial charge in [0.05, 0.1) is 5.57 Å². The smallest absolute Gasteiger partial charge is 0.415 e. The molecule has 0 aliphatic rings. The van der Waals surface area contributed by atoms with E-state index in [4.69, 9.17) is 0 Å². The van der Waals surface area contributed by atoms with Crippen LogP contribution in [0.1, 0.15) is 33.6 Å². The third kappa shape index (κ3) is 4.35. The van der Waals surface area contributed by atoms with Crippen molar-refractivity contribution in [1.82, 2.24) is 0 Å². The first-order valence-electron chi connectivity index (χ1n) is 4.40. The molecule has 0 fully saturated rings. The van der Waals surface area contributed by atoms with Crippen LogP contribution in [0.5, 0.6) is 0 Å². The van der Waals surface area contributed by atoms with Gasteiger partial charge in [-0.05, 0) is 20.3 Å². The normalized spacial score (nSPS) is 13.6. The summed E-state index contributed by atoms with van der Waals surface area (Å²) in [6.45, 7) is 4.92. The molecule has 0 aliphatic carbocycles. The zero-order chi connectivity index (χ0) is 11.4. The molecule has 0 atom stereocenters. The Hall–Kier alpha value is -0.930. The van der Waals surface area contributed by atoms with Gasteiger partial charge in [0.15, 0.2) is 0 Å². The number of hydrogen-bond donors (Lipinski definition) is 1. The molecule has 0 spiro atoms. The van der Waals surface area contributed by atoms with Crippen molar-refractivity contribution in [3.63, 3.8) is 0 Å². The number of aliphatic hydroxyl groups is 1. The van der Waals surface area contributed by atoms with Crippen LogP contribution in [0, 0.1) is 0 Å². The van der Waals surface area contributed by atoms with Crippen LogP contribution in [0.15, 0.2) is 23.0 Å². The van der Waals surface area contributed by atoms with Crippen LogP contribution in [-0.2, 0) is 0 Å². The van der Waals surface area contributed by atoms with Crippen molar-refractivity contribution >= 4 is 0 Å². The highest BCUT2D eigenvalue weighted by molar-refractivity contribution is 5.16. The third-order valence-electron chi connectivity index (χ3n) is 1.75. The largest absolute Gasteiger partial charge is 0.512 e. The molecule has 14 heavy (non-hydrogen) atoms. The van der Waals surface area contributed by atoms with Crippen molar-refractivity contribution in [3.05, 3.63) is 23.0 Å². The fraction of sp³-hybridized carbons (Fsp3) is 0.600. The van der Waals surface area contributed by atoms with Gasteiger partial charge in [0.1, 0.15) is 5.76 Å². The maximum absolute atomic E-state index is 12.3. The monoisotopic (exact) mass is 208 g/mol. The number of aliphatic hydroxyl groups excluding tert-OH is 1. The lowest BCUT2D eigenvalue weighted by Crippen LogP contribution is -2.13. The topological polar surface area (TPSA) is 20.2 Å². The zero-order valence-electron chi connectivity index (χ0n) is 8.57. The average molecular weight is 208 g/mol. The second-order valence-corrected chi connectivity index (χ2v) is 3.26. The number of hydrogen-bond acceptors (Lipinski definition) is 1. The molecule has 0 saturated heterocycles. The molecule has 0 radical (unpaired) electrons. The average Bonchev–Trinajstić information content (AvgIpc) is 1.99. The summed E-state index contributed by atoms with van der Waals surface area (Å²) < 4.78 is 36.8. The highest BCUT2D eigenvalue weighted by Gasteiger charge is 2.34. The van der Waals surface area contributed by atoms with Crippen molar-refractivity contribution in [3.8, 4) is 0 Å². The van der Waals surface area contributed by atoms with E-state index in [-0.39, 0.29) is 12.8 Å². The summed E-state index contributed by atoms with van der Waals surface area (Å²) >= 11 is 0. The summed E-state index contributed by atoms with van der Waals surface area (Å²) in [6, 6.07) is 0. The fourth-order valence-electron chi connectivity index (χ4n) is 0.992. The molecule has 0 aromatic rings. The van der Waals surface area contributed by atoms with Crippen LogP contribution >= 0.6 is 0 Å². The first-order valence-corrected chi connectivity index (χ1v) is 4.40. The van der Waals surface area contributed by atoms with Gasteiger partial charge in [0, 0.05) is 6.42 Å². The van der Waals surface area contributed by atoms with Gasteiger partial charge in [-0.3, -0.25) is 0 Å². The lowest BCUT2D eigenvalue weighted by Gasteiger charge is -2.11. The summed E-state index contributed by atoms with van der Waals surface area (Å²) in [5.74, 6) is -0.582. The Labute approximate surface area is 81.9 Å². The minimum Gasteiger partial charge on any atom is -0.512 e. The predicted octanol–water partition coefficient (Wildman–Crippen LogP) is 4.13. The van der Waals surface area contributed by atoms with E-state index in [9.17, 15) is 18.3 Å². The quantitative estimate of drug-likeness (QED) is 0.546. The number of alkyl halides is 3. The summed E-state index contributed by atoms with van der Waals surface area (Å²) in [6.07, 6.45) is -3.11. The molecule has 0 rings (SSSR count). The van der Waals surface area contributed by atoms with Crippen LogP contribution in [-0.4, -0.2) is 11.3 Å². The van der Waals surface area contributed by atoms with E-state index >= 15 is 0 Å². The van der Waals surface area contributed by atoms with E-state index in [2.05, 4.69) is 0 Å². The molecular formula is C10H15F3O. The highest BCUT2D eigenvalue weighted by Crippen LogP contribution is 2.30. The predicted molar refractivity (Wildman–Crippen MR) is 50.0 cm³/mol. The van der Waals surface area contributed by atoms with E-state index in [1.54, 1.807) is 19.9 Å². The van der Waals surface area contributed by atoms with Gasteiger partial charge in [-0.15, -0.1) is 0 Å². The Morgan fingerprint density at radius 1 is 1.29 bits per heavy atom. The zero-order valence-corrected chi connectivity index (χ0v) is 8.57. The molecule has 0 aromatic heterocycles. The Kier molecular flexibility index (Phi) is 4.74. The van der Waals surface area contributed by atoms with Crippen LogP contribution in [0.3, 0.4) is 0 Å². The van der Waals surface area contributed by atoms with Gasteiger partial charge in [0.2, 0.25) is 0 Å². The van der Waals surface area contributed by atoms with Crippen LogP contribution in [0.2, 0.25) is 0 Å². The van der Waals surface area contributed by atoms with Gasteiger partial charge in [-0.1, -0.05) is 18.6 Å². The first kappa shape index (κ1) is 13.1. The van der Waals surface area contributed by atoms with Gasteiger partial charge in [-0.25, -0.2) is 0 Å². The van der Waals surface area contributed by atoms with Crippen molar-refractivity contribution in [2.75, 3.05) is 0 Å². The van der Waals surface area contributed by atoms with Gasteiger partial charge in [0.25, 0.3) is 0 Å². The van der Waals surface area contributed by atoms with E-state index in [0.29, 0.717) is 0 Å². The molecule has 0 bridgehead atoms. The molecule has 1 nitrogen and oxygen atoms in total.